The molecule has 0 atom stereocenters. The highest BCUT2D eigenvalue weighted by atomic mass is 35.5. The van der Waals surface area contributed by atoms with E-state index < -0.39 is 0 Å². The topological polar surface area (TPSA) is 63.1 Å². The van der Waals surface area contributed by atoms with Crippen LogP contribution in [0.4, 0.5) is 0 Å². The summed E-state index contributed by atoms with van der Waals surface area (Å²) in [4.78, 5) is 14.3. The summed E-state index contributed by atoms with van der Waals surface area (Å²) in [5.41, 5.74) is 1.33. The van der Waals surface area contributed by atoms with Crippen LogP contribution in [0.25, 0.3) is 0 Å². The summed E-state index contributed by atoms with van der Waals surface area (Å²) >= 11 is 0. The number of carbonyl (C=O) groups is 1. The van der Waals surface area contributed by atoms with Gasteiger partial charge in [-0.3, -0.25) is 9.48 Å². The van der Waals surface area contributed by atoms with Gasteiger partial charge in [0.15, 0.2) is 5.69 Å². The summed E-state index contributed by atoms with van der Waals surface area (Å²) in [7, 11) is 3.79. The zero-order valence-corrected chi connectivity index (χ0v) is 13.2. The number of piperidine rings is 1. The fourth-order valence-electron chi connectivity index (χ4n) is 2.52. The van der Waals surface area contributed by atoms with Crippen molar-refractivity contribution in [1.29, 1.82) is 0 Å². The molecule has 0 spiro atoms. The molecule has 1 saturated heterocycles. The first-order chi connectivity index (χ1) is 9.13. The molecule has 2 heterocycles. The van der Waals surface area contributed by atoms with Gasteiger partial charge in [0.05, 0.1) is 5.69 Å². The zero-order valence-electron chi connectivity index (χ0n) is 12.4. The van der Waals surface area contributed by atoms with Crippen molar-refractivity contribution >= 4 is 18.3 Å². The molecule has 0 bridgehead atoms. The minimum absolute atomic E-state index is 0. The van der Waals surface area contributed by atoms with Gasteiger partial charge in [-0.1, -0.05) is 5.21 Å². The van der Waals surface area contributed by atoms with Crippen LogP contribution in [0.15, 0.2) is 0 Å². The van der Waals surface area contributed by atoms with Crippen LogP contribution in [0.3, 0.4) is 0 Å². The predicted molar refractivity (Wildman–Crippen MR) is 80.2 cm³/mol. The number of likely N-dealkylation sites (tertiary alicyclic amines) is 1. The molecule has 1 aliphatic rings. The maximum Gasteiger partial charge on any atom is 0.276 e. The van der Waals surface area contributed by atoms with E-state index in [1.54, 1.807) is 4.68 Å². The van der Waals surface area contributed by atoms with Crippen LogP contribution in [0.2, 0.25) is 0 Å². The number of aryl methyl sites for hydroxylation is 1. The van der Waals surface area contributed by atoms with Gasteiger partial charge in [0.2, 0.25) is 0 Å². The number of hydrogen-bond donors (Lipinski definition) is 1. The van der Waals surface area contributed by atoms with Crippen molar-refractivity contribution in [2.45, 2.75) is 26.2 Å². The Morgan fingerprint density at radius 1 is 1.40 bits per heavy atom. The number of carbonyl (C=O) groups excluding carboxylic acids is 1. The van der Waals surface area contributed by atoms with E-state index in [0.29, 0.717) is 5.69 Å². The Morgan fingerprint density at radius 2 is 2.05 bits per heavy atom. The second-order valence-corrected chi connectivity index (χ2v) is 5.27. The Morgan fingerprint density at radius 3 is 2.55 bits per heavy atom. The lowest BCUT2D eigenvalue weighted by atomic mass is 9.93. The van der Waals surface area contributed by atoms with Gasteiger partial charge < -0.3 is 10.2 Å². The van der Waals surface area contributed by atoms with Crippen molar-refractivity contribution in [3.8, 4) is 0 Å². The van der Waals surface area contributed by atoms with Gasteiger partial charge in [0.1, 0.15) is 0 Å². The molecule has 20 heavy (non-hydrogen) atoms. The first-order valence-corrected chi connectivity index (χ1v) is 6.93. The first kappa shape index (κ1) is 16.9. The fourth-order valence-corrected chi connectivity index (χ4v) is 2.52. The van der Waals surface area contributed by atoms with Crippen molar-refractivity contribution in [3.63, 3.8) is 0 Å². The van der Waals surface area contributed by atoms with E-state index in [0.717, 1.165) is 44.1 Å². The van der Waals surface area contributed by atoms with Crippen LogP contribution < -0.4 is 5.32 Å². The molecule has 0 radical (unpaired) electrons. The molecule has 0 aliphatic carbocycles. The molecule has 7 heteroatoms. The molecule has 0 saturated carbocycles. The lowest BCUT2D eigenvalue weighted by molar-refractivity contribution is 0.0680. The Kier molecular flexibility index (Phi) is 6.42. The quantitative estimate of drug-likeness (QED) is 0.901. The monoisotopic (exact) mass is 301 g/mol. The van der Waals surface area contributed by atoms with Crippen molar-refractivity contribution < 1.29 is 4.79 Å². The molecule has 6 nitrogen and oxygen atoms in total. The molecule has 2 rings (SSSR count). The van der Waals surface area contributed by atoms with Gasteiger partial charge in [0, 0.05) is 20.1 Å². The molecule has 0 unspecified atom stereocenters. The van der Waals surface area contributed by atoms with Gasteiger partial charge in [-0.15, -0.1) is 17.5 Å². The van der Waals surface area contributed by atoms with E-state index in [1.165, 1.54) is 6.42 Å². The van der Waals surface area contributed by atoms with E-state index in [1.807, 2.05) is 25.9 Å². The average Bonchev–Trinajstić information content (AvgIpc) is 2.76. The van der Waals surface area contributed by atoms with Crippen molar-refractivity contribution in [3.05, 3.63) is 11.4 Å². The van der Waals surface area contributed by atoms with Crippen molar-refractivity contribution in [2.24, 2.45) is 13.0 Å². The molecule has 1 aromatic heterocycles. The van der Waals surface area contributed by atoms with Gasteiger partial charge in [-0.2, -0.15) is 0 Å². The molecule has 1 aromatic rings. The number of nitrogens with zero attached hydrogens (tertiary/aromatic N) is 4. The van der Waals surface area contributed by atoms with Crippen molar-refractivity contribution in [1.82, 2.24) is 25.2 Å². The van der Waals surface area contributed by atoms with Crippen LogP contribution in [-0.2, 0) is 7.05 Å². The lowest BCUT2D eigenvalue weighted by Gasteiger charge is -2.31. The normalized spacial score (nSPS) is 16.1. The molecular weight excluding hydrogens is 278 g/mol. The predicted octanol–water partition coefficient (Wildman–Crippen LogP) is 1.01. The second kappa shape index (κ2) is 7.59. The number of rotatable bonds is 4. The molecule has 1 N–H and O–H groups in total. The molecule has 114 valence electrons. The molecule has 1 fully saturated rings. The number of hydrogen-bond acceptors (Lipinski definition) is 4. The van der Waals surface area contributed by atoms with Crippen LogP contribution in [-0.4, -0.2) is 52.5 Å². The summed E-state index contributed by atoms with van der Waals surface area (Å²) < 4.78 is 1.65. The number of aromatic nitrogens is 3. The summed E-state index contributed by atoms with van der Waals surface area (Å²) in [5, 5.41) is 11.1. The Hall–Kier alpha value is -1.14. The third-order valence-electron chi connectivity index (χ3n) is 4.01. The van der Waals surface area contributed by atoms with Gasteiger partial charge >= 0.3 is 0 Å². The second-order valence-electron chi connectivity index (χ2n) is 5.27. The maximum absolute atomic E-state index is 12.4. The fraction of sp³-hybridized carbons (Fsp3) is 0.769. The number of halogens is 1. The highest BCUT2D eigenvalue weighted by Gasteiger charge is 2.26. The summed E-state index contributed by atoms with van der Waals surface area (Å²) in [5.74, 6) is 0.761. The lowest BCUT2D eigenvalue weighted by Crippen LogP contribution is -2.39. The number of nitrogens with one attached hydrogen (secondary N) is 1. The van der Waals surface area contributed by atoms with Crippen molar-refractivity contribution in [2.75, 3.05) is 26.7 Å². The molecule has 0 aromatic carbocycles. The molecular formula is C13H24ClN5O. The third-order valence-corrected chi connectivity index (χ3v) is 4.01. The van der Waals surface area contributed by atoms with Crippen LogP contribution in [0, 0.1) is 12.8 Å². The van der Waals surface area contributed by atoms with E-state index in [2.05, 4.69) is 15.6 Å². The van der Waals surface area contributed by atoms with E-state index in [-0.39, 0.29) is 18.3 Å². The smallest absolute Gasteiger partial charge is 0.276 e. The van der Waals surface area contributed by atoms with E-state index >= 15 is 0 Å². The minimum Gasteiger partial charge on any atom is -0.337 e. The number of amides is 1. The van der Waals surface area contributed by atoms with E-state index in [9.17, 15) is 4.79 Å². The SMILES string of the molecule is CNCCC1CCN(C(=O)c2nnn(C)c2C)CC1.Cl. The zero-order chi connectivity index (χ0) is 13.8. The average molecular weight is 302 g/mol. The molecule has 1 amide bonds. The van der Waals surface area contributed by atoms with Crippen LogP contribution >= 0.6 is 12.4 Å². The Labute approximate surface area is 126 Å². The van der Waals surface area contributed by atoms with Gasteiger partial charge in [-0.05, 0) is 45.7 Å². The summed E-state index contributed by atoms with van der Waals surface area (Å²) in [6.07, 6.45) is 3.38. The third kappa shape index (κ3) is 3.70. The Balaban J connectivity index is 0.00000200. The summed E-state index contributed by atoms with van der Waals surface area (Å²) in [6.45, 7) is 4.61. The molecule has 1 aliphatic heterocycles. The van der Waals surface area contributed by atoms with Gasteiger partial charge in [-0.25, -0.2) is 0 Å². The van der Waals surface area contributed by atoms with Crippen LogP contribution in [0.5, 0.6) is 0 Å². The minimum atomic E-state index is 0. The van der Waals surface area contributed by atoms with E-state index in [4.69, 9.17) is 0 Å². The Bertz CT molecular complexity index is 440. The van der Waals surface area contributed by atoms with Crippen LogP contribution in [0.1, 0.15) is 35.4 Å². The maximum atomic E-state index is 12.4. The summed E-state index contributed by atoms with van der Waals surface area (Å²) in [6, 6.07) is 0. The standard InChI is InChI=1S/C13H23N5O.ClH/c1-10-12(15-16-17(10)3)13(19)18-8-5-11(6-9-18)4-7-14-2;/h11,14H,4-9H2,1-3H3;1H. The van der Waals surface area contributed by atoms with Gasteiger partial charge in [0.25, 0.3) is 5.91 Å². The first-order valence-electron chi connectivity index (χ1n) is 6.93. The highest BCUT2D eigenvalue weighted by Crippen LogP contribution is 2.21. The largest absolute Gasteiger partial charge is 0.337 e. The highest BCUT2D eigenvalue weighted by molar-refractivity contribution is 5.93.